The van der Waals surface area contributed by atoms with Crippen LogP contribution in [0.1, 0.15) is 65.7 Å². The molecule has 2 amide bonds. The second-order valence-electron chi connectivity index (χ2n) is 6.27. The number of nitrogens with one attached hydrogen (secondary N) is 1. The Morgan fingerprint density at radius 1 is 1.15 bits per heavy atom. The Bertz CT molecular complexity index is 371. The van der Waals surface area contributed by atoms with Crippen LogP contribution in [0.4, 0.5) is 0 Å². The number of rotatable bonds is 5. The van der Waals surface area contributed by atoms with Crippen molar-refractivity contribution in [3.8, 4) is 0 Å². The number of amides is 2. The lowest BCUT2D eigenvalue weighted by Crippen LogP contribution is -2.70. The third-order valence-corrected chi connectivity index (χ3v) is 5.30. The lowest BCUT2D eigenvalue weighted by atomic mass is 9.84. The number of carbonyl (C=O) groups excluding carboxylic acids is 2. The number of carbonyl (C=O) groups is 2. The van der Waals surface area contributed by atoms with Crippen LogP contribution in [0.2, 0.25) is 0 Å². The lowest BCUT2D eigenvalue weighted by Gasteiger charge is -2.48. The molecule has 1 atom stereocenters. The molecule has 114 valence electrons. The molecule has 0 aromatic rings. The summed E-state index contributed by atoms with van der Waals surface area (Å²) < 4.78 is 0. The molecular formula is C16H28N2O2. The van der Waals surface area contributed by atoms with Gasteiger partial charge in [-0.05, 0) is 38.0 Å². The van der Waals surface area contributed by atoms with E-state index in [1.165, 1.54) is 25.7 Å². The van der Waals surface area contributed by atoms with Crippen molar-refractivity contribution in [2.75, 3.05) is 6.54 Å². The SMILES string of the molecule is CCC1NC(=O)C(CC)(CC)N(CC2CCCC2)C1=O. The molecule has 4 heteroatoms. The molecule has 1 saturated heterocycles. The Hall–Kier alpha value is -1.06. The fourth-order valence-electron chi connectivity index (χ4n) is 3.82. The molecular weight excluding hydrogens is 252 g/mol. The standard InChI is InChI=1S/C16H28N2O2/c1-4-13-14(19)18(11-12-9-7-8-10-12)16(5-2,6-3)15(20)17-13/h12-13H,4-11H2,1-3H3,(H,17,20). The van der Waals surface area contributed by atoms with Gasteiger partial charge in [0.15, 0.2) is 0 Å². The van der Waals surface area contributed by atoms with E-state index in [1.54, 1.807) is 0 Å². The van der Waals surface area contributed by atoms with Crippen LogP contribution in [-0.2, 0) is 9.59 Å². The zero-order chi connectivity index (χ0) is 14.8. The van der Waals surface area contributed by atoms with Crippen molar-refractivity contribution in [2.45, 2.75) is 77.3 Å². The van der Waals surface area contributed by atoms with E-state index in [0.717, 1.165) is 6.54 Å². The van der Waals surface area contributed by atoms with Crippen LogP contribution in [0, 0.1) is 5.92 Å². The van der Waals surface area contributed by atoms with Gasteiger partial charge in [-0.2, -0.15) is 0 Å². The summed E-state index contributed by atoms with van der Waals surface area (Å²) >= 11 is 0. The molecule has 0 aromatic heterocycles. The topological polar surface area (TPSA) is 49.4 Å². The van der Waals surface area contributed by atoms with E-state index < -0.39 is 5.54 Å². The van der Waals surface area contributed by atoms with Crippen LogP contribution < -0.4 is 5.32 Å². The normalized spacial score (nSPS) is 26.9. The lowest BCUT2D eigenvalue weighted by molar-refractivity contribution is -0.159. The van der Waals surface area contributed by atoms with Crippen molar-refractivity contribution in [2.24, 2.45) is 5.92 Å². The summed E-state index contributed by atoms with van der Waals surface area (Å²) in [4.78, 5) is 27.2. The zero-order valence-electron chi connectivity index (χ0n) is 13.1. The van der Waals surface area contributed by atoms with Gasteiger partial charge in [0, 0.05) is 6.54 Å². The molecule has 1 heterocycles. The van der Waals surface area contributed by atoms with Crippen molar-refractivity contribution < 1.29 is 9.59 Å². The minimum absolute atomic E-state index is 0.0481. The van der Waals surface area contributed by atoms with E-state index in [-0.39, 0.29) is 17.9 Å². The van der Waals surface area contributed by atoms with Gasteiger partial charge in [-0.15, -0.1) is 0 Å². The van der Waals surface area contributed by atoms with Gasteiger partial charge >= 0.3 is 0 Å². The molecule has 2 rings (SSSR count). The highest BCUT2D eigenvalue weighted by Crippen LogP contribution is 2.34. The first kappa shape index (κ1) is 15.3. The Morgan fingerprint density at radius 2 is 1.75 bits per heavy atom. The van der Waals surface area contributed by atoms with Gasteiger partial charge in [-0.3, -0.25) is 9.59 Å². The van der Waals surface area contributed by atoms with Gasteiger partial charge < -0.3 is 10.2 Å². The first-order chi connectivity index (χ1) is 9.58. The van der Waals surface area contributed by atoms with E-state index in [0.29, 0.717) is 25.2 Å². The third-order valence-electron chi connectivity index (χ3n) is 5.30. The van der Waals surface area contributed by atoms with Gasteiger partial charge in [-0.1, -0.05) is 33.6 Å². The average Bonchev–Trinajstić information content (AvgIpc) is 2.96. The monoisotopic (exact) mass is 280 g/mol. The average molecular weight is 280 g/mol. The smallest absolute Gasteiger partial charge is 0.246 e. The Balaban J connectivity index is 2.26. The van der Waals surface area contributed by atoms with Crippen LogP contribution in [0.15, 0.2) is 0 Å². The third kappa shape index (κ3) is 2.45. The summed E-state index contributed by atoms with van der Waals surface area (Å²) in [6, 6.07) is -0.324. The van der Waals surface area contributed by atoms with E-state index in [4.69, 9.17) is 0 Å². The first-order valence-electron chi connectivity index (χ1n) is 8.21. The highest BCUT2D eigenvalue weighted by atomic mass is 16.2. The van der Waals surface area contributed by atoms with Crippen molar-refractivity contribution in [1.29, 1.82) is 0 Å². The van der Waals surface area contributed by atoms with Crippen LogP contribution in [0.3, 0.4) is 0 Å². The molecule has 1 N–H and O–H groups in total. The van der Waals surface area contributed by atoms with E-state index in [1.807, 2.05) is 25.7 Å². The maximum atomic E-state index is 12.7. The molecule has 1 aliphatic heterocycles. The quantitative estimate of drug-likeness (QED) is 0.841. The molecule has 1 aliphatic carbocycles. The molecule has 0 bridgehead atoms. The fraction of sp³-hybridized carbons (Fsp3) is 0.875. The molecule has 20 heavy (non-hydrogen) atoms. The second-order valence-corrected chi connectivity index (χ2v) is 6.27. The Kier molecular flexibility index (Phi) is 4.71. The summed E-state index contributed by atoms with van der Waals surface area (Å²) in [6.45, 7) is 6.76. The summed E-state index contributed by atoms with van der Waals surface area (Å²) in [7, 11) is 0. The molecule has 0 radical (unpaired) electrons. The minimum atomic E-state index is -0.620. The first-order valence-corrected chi connectivity index (χ1v) is 8.21. The molecule has 1 saturated carbocycles. The summed E-state index contributed by atoms with van der Waals surface area (Å²) in [5.41, 5.74) is -0.620. The molecule has 0 spiro atoms. The van der Waals surface area contributed by atoms with E-state index in [2.05, 4.69) is 5.32 Å². The van der Waals surface area contributed by atoms with E-state index in [9.17, 15) is 9.59 Å². The van der Waals surface area contributed by atoms with E-state index >= 15 is 0 Å². The zero-order valence-corrected chi connectivity index (χ0v) is 13.1. The van der Waals surface area contributed by atoms with Gasteiger partial charge in [0.05, 0.1) is 0 Å². The Morgan fingerprint density at radius 3 is 2.25 bits per heavy atom. The predicted octanol–water partition coefficient (Wildman–Crippen LogP) is 2.47. The summed E-state index contributed by atoms with van der Waals surface area (Å²) in [5, 5.41) is 2.93. The fourth-order valence-corrected chi connectivity index (χ4v) is 3.82. The van der Waals surface area contributed by atoms with Gasteiger partial charge in [0.1, 0.15) is 11.6 Å². The molecule has 1 unspecified atom stereocenters. The van der Waals surface area contributed by atoms with Crippen molar-refractivity contribution in [3.63, 3.8) is 0 Å². The van der Waals surface area contributed by atoms with Gasteiger partial charge in [0.25, 0.3) is 0 Å². The largest absolute Gasteiger partial charge is 0.342 e. The van der Waals surface area contributed by atoms with Crippen molar-refractivity contribution in [3.05, 3.63) is 0 Å². The minimum Gasteiger partial charge on any atom is -0.342 e. The second kappa shape index (κ2) is 6.15. The number of piperazine rings is 1. The maximum Gasteiger partial charge on any atom is 0.246 e. The van der Waals surface area contributed by atoms with Crippen LogP contribution >= 0.6 is 0 Å². The highest BCUT2D eigenvalue weighted by Gasteiger charge is 2.50. The van der Waals surface area contributed by atoms with Gasteiger partial charge in [0.2, 0.25) is 11.8 Å². The van der Waals surface area contributed by atoms with Crippen molar-refractivity contribution >= 4 is 11.8 Å². The number of hydrogen-bond acceptors (Lipinski definition) is 2. The van der Waals surface area contributed by atoms with Crippen molar-refractivity contribution in [1.82, 2.24) is 10.2 Å². The highest BCUT2D eigenvalue weighted by molar-refractivity contribution is 5.99. The maximum absolute atomic E-state index is 12.7. The summed E-state index contributed by atoms with van der Waals surface area (Å²) in [5.74, 6) is 0.759. The summed E-state index contributed by atoms with van der Waals surface area (Å²) in [6.07, 6.45) is 7.00. The molecule has 4 nitrogen and oxygen atoms in total. The van der Waals surface area contributed by atoms with Crippen LogP contribution in [0.25, 0.3) is 0 Å². The van der Waals surface area contributed by atoms with Gasteiger partial charge in [-0.25, -0.2) is 0 Å². The molecule has 2 aliphatic rings. The number of hydrogen-bond donors (Lipinski definition) is 1. The molecule has 2 fully saturated rings. The number of nitrogens with zero attached hydrogens (tertiary/aromatic N) is 1. The predicted molar refractivity (Wildman–Crippen MR) is 79.2 cm³/mol. The van der Waals surface area contributed by atoms with Crippen LogP contribution in [-0.4, -0.2) is 34.8 Å². The van der Waals surface area contributed by atoms with Crippen LogP contribution in [0.5, 0.6) is 0 Å². The Labute approximate surface area is 122 Å². The molecule has 0 aromatic carbocycles.